The molecule has 0 amide bonds. The van der Waals surface area contributed by atoms with Crippen molar-refractivity contribution in [3.05, 3.63) is 0 Å². The summed E-state index contributed by atoms with van der Waals surface area (Å²) in [6, 6.07) is 0. The molecule has 0 N–H and O–H groups in total. The van der Waals surface area contributed by atoms with Gasteiger partial charge in [0.25, 0.3) is 0 Å². The van der Waals surface area contributed by atoms with Gasteiger partial charge in [-0.3, -0.25) is 4.79 Å². The Hall–Kier alpha value is 0.160. The van der Waals surface area contributed by atoms with Gasteiger partial charge in [-0.05, 0) is 27.2 Å². The van der Waals surface area contributed by atoms with Crippen LogP contribution in [0.5, 0.6) is 0 Å². The van der Waals surface area contributed by atoms with Gasteiger partial charge in [0, 0.05) is 11.0 Å². The first kappa shape index (κ1) is 14.2. The Morgan fingerprint density at radius 2 is 1.93 bits per heavy atom. The molecule has 0 aromatic rings. The van der Waals surface area contributed by atoms with E-state index in [-0.39, 0.29) is 11.6 Å². The summed E-state index contributed by atoms with van der Waals surface area (Å²) >= 11 is 2.30. The largest absolute Gasteiger partial charge is 0.460 e. The molecule has 0 spiro atoms. The van der Waals surface area contributed by atoms with Crippen molar-refractivity contribution in [2.45, 2.75) is 39.2 Å². The number of hydrogen-bond donors (Lipinski definition) is 0. The molecule has 0 atom stereocenters. The maximum atomic E-state index is 11.2. The van der Waals surface area contributed by atoms with Gasteiger partial charge in [0.05, 0.1) is 13.0 Å². The van der Waals surface area contributed by atoms with Gasteiger partial charge in [-0.2, -0.15) is 0 Å². The molecule has 0 saturated heterocycles. The normalized spacial score (nSPS) is 11.4. The first-order valence-corrected chi connectivity index (χ1v) is 6.34. The minimum Gasteiger partial charge on any atom is -0.460 e. The van der Waals surface area contributed by atoms with Crippen LogP contribution in [0, 0.1) is 0 Å². The van der Waals surface area contributed by atoms with Crippen molar-refractivity contribution >= 4 is 28.6 Å². The van der Waals surface area contributed by atoms with E-state index in [2.05, 4.69) is 22.6 Å². The maximum Gasteiger partial charge on any atom is 0.308 e. The molecule has 0 aliphatic rings. The number of rotatable bonds is 6. The van der Waals surface area contributed by atoms with Gasteiger partial charge in [0.2, 0.25) is 0 Å². The van der Waals surface area contributed by atoms with Crippen LogP contribution >= 0.6 is 22.6 Å². The van der Waals surface area contributed by atoms with Gasteiger partial charge in [0.15, 0.2) is 0 Å². The molecule has 0 heterocycles. The highest BCUT2D eigenvalue weighted by Gasteiger charge is 2.15. The van der Waals surface area contributed by atoms with Gasteiger partial charge in [-0.15, -0.1) is 0 Å². The van der Waals surface area contributed by atoms with E-state index in [4.69, 9.17) is 9.47 Å². The SMILES string of the molecule is CC(C)(C)OC(=O)CCOCCCI. The number of carbonyl (C=O) groups is 1. The summed E-state index contributed by atoms with van der Waals surface area (Å²) in [6.45, 7) is 6.78. The summed E-state index contributed by atoms with van der Waals surface area (Å²) < 4.78 is 11.5. The average molecular weight is 314 g/mol. The van der Waals surface area contributed by atoms with E-state index in [1.165, 1.54) is 0 Å². The summed E-state index contributed by atoms with van der Waals surface area (Å²) in [5, 5.41) is 0. The smallest absolute Gasteiger partial charge is 0.308 e. The highest BCUT2D eigenvalue weighted by atomic mass is 127. The van der Waals surface area contributed by atoms with Crippen molar-refractivity contribution in [3.63, 3.8) is 0 Å². The Kier molecular flexibility index (Phi) is 7.54. The van der Waals surface area contributed by atoms with E-state index < -0.39 is 0 Å². The molecule has 0 aromatic carbocycles. The van der Waals surface area contributed by atoms with Gasteiger partial charge < -0.3 is 9.47 Å². The number of hydrogen-bond acceptors (Lipinski definition) is 3. The molecule has 4 heteroatoms. The highest BCUT2D eigenvalue weighted by Crippen LogP contribution is 2.08. The molecular formula is C10H19IO3. The van der Waals surface area contributed by atoms with Gasteiger partial charge in [0.1, 0.15) is 5.60 Å². The number of carbonyl (C=O) groups excluding carboxylic acids is 1. The lowest BCUT2D eigenvalue weighted by Crippen LogP contribution is -2.24. The third-order valence-electron chi connectivity index (χ3n) is 1.29. The molecule has 0 radical (unpaired) electrons. The minimum atomic E-state index is -0.390. The number of esters is 1. The fourth-order valence-electron chi connectivity index (χ4n) is 0.807. The zero-order valence-corrected chi connectivity index (χ0v) is 11.3. The van der Waals surface area contributed by atoms with E-state index in [9.17, 15) is 4.79 Å². The predicted molar refractivity (Wildman–Crippen MR) is 64.8 cm³/mol. The summed E-state index contributed by atoms with van der Waals surface area (Å²) in [7, 11) is 0. The molecule has 0 rings (SSSR count). The zero-order valence-electron chi connectivity index (χ0n) is 9.14. The lowest BCUT2D eigenvalue weighted by molar-refractivity contribution is -0.156. The van der Waals surface area contributed by atoms with E-state index in [0.717, 1.165) is 17.5 Å². The summed E-state index contributed by atoms with van der Waals surface area (Å²) in [5.41, 5.74) is -0.390. The Morgan fingerprint density at radius 1 is 1.29 bits per heavy atom. The zero-order chi connectivity index (χ0) is 11.0. The molecule has 0 unspecified atom stereocenters. The topological polar surface area (TPSA) is 35.5 Å². The van der Waals surface area contributed by atoms with Crippen molar-refractivity contribution in [2.75, 3.05) is 17.6 Å². The first-order chi connectivity index (χ1) is 6.45. The van der Waals surface area contributed by atoms with E-state index in [1.807, 2.05) is 20.8 Å². The van der Waals surface area contributed by atoms with Crippen molar-refractivity contribution < 1.29 is 14.3 Å². The lowest BCUT2D eigenvalue weighted by Gasteiger charge is -2.19. The van der Waals surface area contributed by atoms with E-state index in [0.29, 0.717) is 13.0 Å². The first-order valence-electron chi connectivity index (χ1n) is 4.81. The molecular weight excluding hydrogens is 295 g/mol. The second-order valence-corrected chi connectivity index (χ2v) is 5.07. The summed E-state index contributed by atoms with van der Waals surface area (Å²) in [6.07, 6.45) is 1.38. The Morgan fingerprint density at radius 3 is 2.43 bits per heavy atom. The fraction of sp³-hybridized carbons (Fsp3) is 0.900. The van der Waals surface area contributed by atoms with E-state index in [1.54, 1.807) is 0 Å². The van der Waals surface area contributed by atoms with Crippen LogP contribution in [0.2, 0.25) is 0 Å². The molecule has 0 aromatic heterocycles. The van der Waals surface area contributed by atoms with Crippen molar-refractivity contribution in [3.8, 4) is 0 Å². The Bertz CT molecular complexity index is 163. The monoisotopic (exact) mass is 314 g/mol. The van der Waals surface area contributed by atoms with Crippen LogP contribution in [0.25, 0.3) is 0 Å². The molecule has 0 aliphatic carbocycles. The standard InChI is InChI=1S/C10H19IO3/c1-10(2,3)14-9(12)5-8-13-7-4-6-11/h4-8H2,1-3H3. The molecule has 84 valence electrons. The van der Waals surface area contributed by atoms with Crippen molar-refractivity contribution in [1.82, 2.24) is 0 Å². The summed E-state index contributed by atoms with van der Waals surface area (Å²) in [5.74, 6) is -0.188. The lowest BCUT2D eigenvalue weighted by atomic mass is 10.2. The van der Waals surface area contributed by atoms with Crippen molar-refractivity contribution in [2.24, 2.45) is 0 Å². The van der Waals surface area contributed by atoms with Crippen LogP contribution < -0.4 is 0 Å². The average Bonchev–Trinajstić information content (AvgIpc) is 2.00. The number of ether oxygens (including phenoxy) is 2. The van der Waals surface area contributed by atoms with Gasteiger partial charge in [-0.25, -0.2) is 0 Å². The molecule has 0 fully saturated rings. The second-order valence-electron chi connectivity index (χ2n) is 3.99. The number of halogens is 1. The molecule has 3 nitrogen and oxygen atoms in total. The van der Waals surface area contributed by atoms with Crippen LogP contribution in [0.4, 0.5) is 0 Å². The minimum absolute atomic E-state index is 0.188. The third kappa shape index (κ3) is 10.2. The fourth-order valence-corrected chi connectivity index (χ4v) is 1.12. The molecule has 0 saturated carbocycles. The highest BCUT2D eigenvalue weighted by molar-refractivity contribution is 14.1. The molecule has 14 heavy (non-hydrogen) atoms. The Labute approximate surface area is 99.7 Å². The maximum absolute atomic E-state index is 11.2. The predicted octanol–water partition coefficient (Wildman–Crippen LogP) is 2.56. The second kappa shape index (κ2) is 7.45. The van der Waals surface area contributed by atoms with Gasteiger partial charge in [-0.1, -0.05) is 22.6 Å². The van der Waals surface area contributed by atoms with Crippen molar-refractivity contribution in [1.29, 1.82) is 0 Å². The van der Waals surface area contributed by atoms with Crippen LogP contribution in [-0.4, -0.2) is 29.2 Å². The van der Waals surface area contributed by atoms with Gasteiger partial charge >= 0.3 is 5.97 Å². The number of alkyl halides is 1. The van der Waals surface area contributed by atoms with E-state index >= 15 is 0 Å². The van der Waals surface area contributed by atoms with Crippen LogP contribution in [0.1, 0.15) is 33.6 Å². The summed E-state index contributed by atoms with van der Waals surface area (Å²) in [4.78, 5) is 11.2. The van der Waals surface area contributed by atoms with Crippen LogP contribution in [0.3, 0.4) is 0 Å². The third-order valence-corrected chi connectivity index (χ3v) is 2.06. The quantitative estimate of drug-likeness (QED) is 0.327. The molecule has 0 aliphatic heterocycles. The Balaban J connectivity index is 3.36. The molecule has 0 bridgehead atoms. The van der Waals surface area contributed by atoms with Crippen LogP contribution in [0.15, 0.2) is 0 Å². The van der Waals surface area contributed by atoms with Crippen LogP contribution in [-0.2, 0) is 14.3 Å².